The molecule has 1 N–H and O–H groups in total. The molecule has 0 bridgehead atoms. The molecule has 4 heteroatoms. The van der Waals surface area contributed by atoms with Crippen LogP contribution in [-0.4, -0.2) is 23.9 Å². The van der Waals surface area contributed by atoms with Crippen molar-refractivity contribution < 1.29 is 4.74 Å². The molecule has 2 aromatic rings. The molecule has 112 valence electrons. The lowest BCUT2D eigenvalue weighted by atomic mass is 9.74. The van der Waals surface area contributed by atoms with Crippen molar-refractivity contribution in [1.82, 2.24) is 15.1 Å². The summed E-state index contributed by atoms with van der Waals surface area (Å²) in [5.74, 6) is 0.854. The van der Waals surface area contributed by atoms with Crippen molar-refractivity contribution in [2.24, 2.45) is 5.41 Å². The van der Waals surface area contributed by atoms with Gasteiger partial charge in [0.2, 0.25) is 0 Å². The molecular formula is C17H23N3O. The summed E-state index contributed by atoms with van der Waals surface area (Å²) in [6, 6.07) is 8.41. The van der Waals surface area contributed by atoms with Gasteiger partial charge in [-0.05, 0) is 37.4 Å². The van der Waals surface area contributed by atoms with Crippen LogP contribution in [0.15, 0.2) is 30.5 Å². The van der Waals surface area contributed by atoms with E-state index in [2.05, 4.69) is 30.3 Å². The highest BCUT2D eigenvalue weighted by molar-refractivity contribution is 5.48. The molecule has 0 radical (unpaired) electrons. The minimum atomic E-state index is 0.264. The molecule has 1 atom stereocenters. The molecule has 1 heterocycles. The predicted octanol–water partition coefficient (Wildman–Crippen LogP) is 3.11. The first-order valence-corrected chi connectivity index (χ1v) is 7.43. The summed E-state index contributed by atoms with van der Waals surface area (Å²) in [5, 5.41) is 8.06. The highest BCUT2D eigenvalue weighted by Gasteiger charge is 2.34. The molecule has 0 fully saturated rings. The minimum absolute atomic E-state index is 0.264. The van der Waals surface area contributed by atoms with E-state index in [1.807, 2.05) is 36.1 Å². The van der Waals surface area contributed by atoms with Gasteiger partial charge in [-0.2, -0.15) is 5.10 Å². The van der Waals surface area contributed by atoms with Crippen LogP contribution in [-0.2, 0) is 6.42 Å². The minimum Gasteiger partial charge on any atom is -0.494 e. The van der Waals surface area contributed by atoms with E-state index in [4.69, 9.17) is 4.74 Å². The van der Waals surface area contributed by atoms with Crippen molar-refractivity contribution in [2.75, 3.05) is 14.2 Å². The topological polar surface area (TPSA) is 39.1 Å². The molecule has 1 unspecified atom stereocenters. The maximum Gasteiger partial charge on any atom is 0.144 e. The number of fused-ring (bicyclic) bond motifs is 1. The number of nitrogens with zero attached hydrogens (tertiary/aromatic N) is 2. The summed E-state index contributed by atoms with van der Waals surface area (Å²) in [7, 11) is 3.73. The van der Waals surface area contributed by atoms with Gasteiger partial charge in [-0.15, -0.1) is 0 Å². The van der Waals surface area contributed by atoms with E-state index in [0.29, 0.717) is 6.04 Å². The lowest BCUT2D eigenvalue weighted by molar-refractivity contribution is 0.260. The van der Waals surface area contributed by atoms with Crippen LogP contribution in [0.4, 0.5) is 0 Å². The second-order valence-corrected chi connectivity index (χ2v) is 6.52. The number of ether oxygens (including phenoxy) is 1. The van der Waals surface area contributed by atoms with Gasteiger partial charge in [-0.25, -0.2) is 4.68 Å². The Hall–Kier alpha value is -1.81. The lowest BCUT2D eigenvalue weighted by Crippen LogP contribution is -2.32. The predicted molar refractivity (Wildman–Crippen MR) is 84.0 cm³/mol. The molecule has 0 saturated carbocycles. The van der Waals surface area contributed by atoms with E-state index in [-0.39, 0.29) is 5.41 Å². The SMILES string of the molecule is CNC1CC(C)(C)Cc2c1cnn2-c1ccccc1OC. The number of nitrogens with one attached hydrogen (secondary N) is 1. The van der Waals surface area contributed by atoms with Crippen molar-refractivity contribution in [3.8, 4) is 11.4 Å². The standard InChI is InChI=1S/C17H23N3O/c1-17(2)9-13(18-3)12-11-19-20(15(12)10-17)14-7-5-6-8-16(14)21-4/h5-8,11,13,18H,9-10H2,1-4H3. The first-order valence-electron chi connectivity index (χ1n) is 7.43. The van der Waals surface area contributed by atoms with Gasteiger partial charge in [0, 0.05) is 17.3 Å². The molecule has 1 aliphatic rings. The zero-order chi connectivity index (χ0) is 15.0. The van der Waals surface area contributed by atoms with Gasteiger partial charge in [-0.1, -0.05) is 26.0 Å². The first kappa shape index (κ1) is 14.1. The maximum absolute atomic E-state index is 5.49. The van der Waals surface area contributed by atoms with E-state index < -0.39 is 0 Å². The van der Waals surface area contributed by atoms with E-state index in [0.717, 1.165) is 24.3 Å². The van der Waals surface area contributed by atoms with Crippen LogP contribution in [0, 0.1) is 5.41 Å². The average Bonchev–Trinajstić information content (AvgIpc) is 2.88. The Balaban J connectivity index is 2.13. The largest absolute Gasteiger partial charge is 0.494 e. The Morgan fingerprint density at radius 2 is 2.10 bits per heavy atom. The Labute approximate surface area is 126 Å². The van der Waals surface area contributed by atoms with Crippen LogP contribution < -0.4 is 10.1 Å². The van der Waals surface area contributed by atoms with Crippen molar-refractivity contribution in [2.45, 2.75) is 32.7 Å². The smallest absolute Gasteiger partial charge is 0.144 e. The van der Waals surface area contributed by atoms with Crippen molar-refractivity contribution in [3.63, 3.8) is 0 Å². The molecule has 0 amide bonds. The van der Waals surface area contributed by atoms with Crippen molar-refractivity contribution in [3.05, 3.63) is 41.7 Å². The summed E-state index contributed by atoms with van der Waals surface area (Å²) in [4.78, 5) is 0. The quantitative estimate of drug-likeness (QED) is 0.942. The average molecular weight is 285 g/mol. The van der Waals surface area contributed by atoms with Crippen LogP contribution in [0.25, 0.3) is 5.69 Å². The number of hydrogen-bond donors (Lipinski definition) is 1. The molecular weight excluding hydrogens is 262 g/mol. The Kier molecular flexibility index (Phi) is 3.49. The molecule has 1 aliphatic carbocycles. The monoisotopic (exact) mass is 285 g/mol. The highest BCUT2D eigenvalue weighted by atomic mass is 16.5. The van der Waals surface area contributed by atoms with E-state index in [9.17, 15) is 0 Å². The number of hydrogen-bond acceptors (Lipinski definition) is 3. The molecule has 21 heavy (non-hydrogen) atoms. The summed E-state index contributed by atoms with van der Waals surface area (Å²) >= 11 is 0. The lowest BCUT2D eigenvalue weighted by Gasteiger charge is -2.35. The molecule has 1 aromatic carbocycles. The van der Waals surface area contributed by atoms with Crippen LogP contribution in [0.5, 0.6) is 5.75 Å². The highest BCUT2D eigenvalue weighted by Crippen LogP contribution is 2.41. The normalized spacial score (nSPS) is 20.1. The third-order valence-electron chi connectivity index (χ3n) is 4.34. The van der Waals surface area contributed by atoms with Crippen LogP contribution in [0.2, 0.25) is 0 Å². The molecule has 1 aromatic heterocycles. The molecule has 0 saturated heterocycles. The second-order valence-electron chi connectivity index (χ2n) is 6.52. The molecule has 0 aliphatic heterocycles. The fourth-order valence-corrected chi connectivity index (χ4v) is 3.31. The summed E-state index contributed by atoms with van der Waals surface area (Å²) < 4.78 is 7.53. The third kappa shape index (κ3) is 2.44. The van der Waals surface area contributed by atoms with E-state index >= 15 is 0 Å². The number of para-hydroxylation sites is 2. The van der Waals surface area contributed by atoms with Gasteiger partial charge in [0.05, 0.1) is 13.3 Å². The second kappa shape index (κ2) is 5.19. The fourth-order valence-electron chi connectivity index (χ4n) is 3.31. The van der Waals surface area contributed by atoms with Crippen LogP contribution in [0.3, 0.4) is 0 Å². The van der Waals surface area contributed by atoms with Crippen LogP contribution in [0.1, 0.15) is 37.6 Å². The van der Waals surface area contributed by atoms with Gasteiger partial charge in [0.1, 0.15) is 11.4 Å². The number of aromatic nitrogens is 2. The van der Waals surface area contributed by atoms with Gasteiger partial charge >= 0.3 is 0 Å². The van der Waals surface area contributed by atoms with Gasteiger partial charge in [-0.3, -0.25) is 0 Å². The summed E-state index contributed by atoms with van der Waals surface area (Å²) in [5.41, 5.74) is 3.87. The van der Waals surface area contributed by atoms with Gasteiger partial charge in [0.15, 0.2) is 0 Å². The van der Waals surface area contributed by atoms with E-state index in [1.54, 1.807) is 7.11 Å². The van der Waals surface area contributed by atoms with Gasteiger partial charge in [0.25, 0.3) is 0 Å². The zero-order valence-corrected chi connectivity index (χ0v) is 13.2. The zero-order valence-electron chi connectivity index (χ0n) is 13.2. The fraction of sp³-hybridized carbons (Fsp3) is 0.471. The van der Waals surface area contributed by atoms with E-state index in [1.165, 1.54) is 11.3 Å². The number of rotatable bonds is 3. The first-order chi connectivity index (χ1) is 10.1. The maximum atomic E-state index is 5.49. The van der Waals surface area contributed by atoms with Crippen molar-refractivity contribution in [1.29, 1.82) is 0 Å². The number of benzene rings is 1. The molecule has 4 nitrogen and oxygen atoms in total. The molecule has 3 rings (SSSR count). The van der Waals surface area contributed by atoms with Crippen LogP contribution >= 0.6 is 0 Å². The Bertz CT molecular complexity index is 645. The van der Waals surface area contributed by atoms with Gasteiger partial charge < -0.3 is 10.1 Å². The molecule has 0 spiro atoms. The Morgan fingerprint density at radius 1 is 1.33 bits per heavy atom. The summed E-state index contributed by atoms with van der Waals surface area (Å²) in [6.07, 6.45) is 4.16. The van der Waals surface area contributed by atoms with Crippen molar-refractivity contribution >= 4 is 0 Å². The third-order valence-corrected chi connectivity index (χ3v) is 4.34. The number of methoxy groups -OCH3 is 1. The Morgan fingerprint density at radius 3 is 2.81 bits per heavy atom. The summed E-state index contributed by atoms with van der Waals surface area (Å²) in [6.45, 7) is 4.64.